The first-order valence-electron chi connectivity index (χ1n) is 6.98. The molecular formula is C17H14N2O4. The summed E-state index contributed by atoms with van der Waals surface area (Å²) in [5, 5.41) is 13.2. The van der Waals surface area contributed by atoms with Gasteiger partial charge in [-0.05, 0) is 30.7 Å². The van der Waals surface area contributed by atoms with Crippen molar-refractivity contribution in [2.45, 2.75) is 13.5 Å². The Labute approximate surface area is 132 Å². The summed E-state index contributed by atoms with van der Waals surface area (Å²) in [6, 6.07) is 13.6. The number of nitrogens with zero attached hydrogens (tertiary/aromatic N) is 2. The van der Waals surface area contributed by atoms with Crippen molar-refractivity contribution in [3.8, 4) is 17.1 Å². The van der Waals surface area contributed by atoms with Gasteiger partial charge in [0, 0.05) is 5.56 Å². The first-order valence-corrected chi connectivity index (χ1v) is 6.98. The molecule has 0 unspecified atom stereocenters. The molecule has 1 heterocycles. The lowest BCUT2D eigenvalue weighted by molar-refractivity contribution is 0.0429. The minimum Gasteiger partial charge on any atom is -0.508 e. The number of ether oxygens (including phenoxy) is 1. The van der Waals surface area contributed by atoms with Crippen molar-refractivity contribution in [1.82, 2.24) is 10.1 Å². The minimum absolute atomic E-state index is 0.000852. The van der Waals surface area contributed by atoms with E-state index in [4.69, 9.17) is 9.26 Å². The van der Waals surface area contributed by atoms with Gasteiger partial charge in [0.1, 0.15) is 5.75 Å². The van der Waals surface area contributed by atoms with E-state index in [2.05, 4.69) is 10.1 Å². The topological polar surface area (TPSA) is 85.5 Å². The highest BCUT2D eigenvalue weighted by Gasteiger charge is 2.13. The van der Waals surface area contributed by atoms with Crippen LogP contribution >= 0.6 is 0 Å². The van der Waals surface area contributed by atoms with Gasteiger partial charge >= 0.3 is 5.97 Å². The van der Waals surface area contributed by atoms with Crippen molar-refractivity contribution < 1.29 is 19.2 Å². The van der Waals surface area contributed by atoms with Crippen LogP contribution in [0.5, 0.6) is 5.75 Å². The number of hydrogen-bond acceptors (Lipinski definition) is 6. The van der Waals surface area contributed by atoms with Crippen LogP contribution in [0.2, 0.25) is 0 Å². The van der Waals surface area contributed by atoms with Crippen molar-refractivity contribution >= 4 is 5.97 Å². The molecule has 0 amide bonds. The minimum atomic E-state index is -0.573. The zero-order valence-electron chi connectivity index (χ0n) is 12.4. The van der Waals surface area contributed by atoms with Gasteiger partial charge in [-0.3, -0.25) is 0 Å². The van der Waals surface area contributed by atoms with Crippen LogP contribution in [0.4, 0.5) is 0 Å². The summed E-state index contributed by atoms with van der Waals surface area (Å²) < 4.78 is 10.2. The Kier molecular flexibility index (Phi) is 4.05. The predicted molar refractivity (Wildman–Crippen MR) is 81.7 cm³/mol. The fourth-order valence-corrected chi connectivity index (χ4v) is 2.09. The zero-order valence-corrected chi connectivity index (χ0v) is 12.4. The summed E-state index contributed by atoms with van der Waals surface area (Å²) in [5.74, 6) is 0.0823. The van der Waals surface area contributed by atoms with Gasteiger partial charge in [0.05, 0.1) is 5.56 Å². The van der Waals surface area contributed by atoms with Gasteiger partial charge in [0.25, 0.3) is 5.89 Å². The van der Waals surface area contributed by atoms with Crippen LogP contribution in [0.15, 0.2) is 53.1 Å². The maximum Gasteiger partial charge on any atom is 0.338 e. The van der Waals surface area contributed by atoms with Gasteiger partial charge in [-0.25, -0.2) is 4.79 Å². The molecule has 1 aromatic heterocycles. The van der Waals surface area contributed by atoms with Gasteiger partial charge in [-0.15, -0.1) is 0 Å². The molecule has 0 aliphatic carbocycles. The Bertz CT molecular complexity index is 842. The molecule has 0 aliphatic heterocycles. The highest BCUT2D eigenvalue weighted by molar-refractivity contribution is 5.89. The van der Waals surface area contributed by atoms with Gasteiger partial charge in [-0.1, -0.05) is 35.5 Å². The van der Waals surface area contributed by atoms with E-state index in [0.29, 0.717) is 5.82 Å². The molecule has 0 fully saturated rings. The summed E-state index contributed by atoms with van der Waals surface area (Å²) in [6.45, 7) is 1.82. The van der Waals surface area contributed by atoms with Gasteiger partial charge < -0.3 is 14.4 Å². The fourth-order valence-electron chi connectivity index (χ4n) is 2.09. The summed E-state index contributed by atoms with van der Waals surface area (Å²) in [4.78, 5) is 16.1. The monoisotopic (exact) mass is 310 g/mol. The Morgan fingerprint density at radius 2 is 2.04 bits per heavy atom. The number of benzene rings is 2. The highest BCUT2D eigenvalue weighted by atomic mass is 16.6. The lowest BCUT2D eigenvalue weighted by atomic mass is 10.1. The SMILES string of the molecule is Cc1ccccc1-c1noc(COC(=O)c2cccc(O)c2)n1. The second-order valence-electron chi connectivity index (χ2n) is 4.95. The van der Waals surface area contributed by atoms with Crippen LogP contribution < -0.4 is 0 Å². The molecule has 0 saturated carbocycles. The number of carbonyl (C=O) groups excluding carboxylic acids is 1. The van der Waals surface area contributed by atoms with Gasteiger partial charge in [0.15, 0.2) is 6.61 Å². The van der Waals surface area contributed by atoms with Crippen molar-refractivity contribution in [2.24, 2.45) is 0 Å². The number of aryl methyl sites for hydroxylation is 1. The number of carbonyl (C=O) groups is 1. The van der Waals surface area contributed by atoms with E-state index in [1.807, 2.05) is 31.2 Å². The van der Waals surface area contributed by atoms with Crippen molar-refractivity contribution in [1.29, 1.82) is 0 Å². The number of hydrogen-bond donors (Lipinski definition) is 1. The van der Waals surface area contributed by atoms with E-state index in [1.54, 1.807) is 12.1 Å². The number of phenolic OH excluding ortho intramolecular Hbond substituents is 1. The Hall–Kier alpha value is -3.15. The zero-order chi connectivity index (χ0) is 16.2. The van der Waals surface area contributed by atoms with Crippen LogP contribution in [0, 0.1) is 6.92 Å². The van der Waals surface area contributed by atoms with Gasteiger partial charge in [0.2, 0.25) is 5.82 Å². The summed E-state index contributed by atoms with van der Waals surface area (Å²) in [7, 11) is 0. The molecule has 0 spiro atoms. The van der Waals surface area contributed by atoms with Crippen LogP contribution in [0.1, 0.15) is 21.8 Å². The first-order chi connectivity index (χ1) is 11.1. The molecule has 6 nitrogen and oxygen atoms in total. The Morgan fingerprint density at radius 3 is 2.83 bits per heavy atom. The molecule has 0 bridgehead atoms. The van der Waals surface area contributed by atoms with Crippen molar-refractivity contribution in [3.05, 3.63) is 65.5 Å². The van der Waals surface area contributed by atoms with E-state index < -0.39 is 5.97 Å². The van der Waals surface area contributed by atoms with Gasteiger partial charge in [-0.2, -0.15) is 4.98 Å². The number of aromatic nitrogens is 2. The van der Waals surface area contributed by atoms with E-state index >= 15 is 0 Å². The second-order valence-corrected chi connectivity index (χ2v) is 4.95. The lowest BCUT2D eigenvalue weighted by Crippen LogP contribution is -2.05. The quantitative estimate of drug-likeness (QED) is 0.745. The second kappa shape index (κ2) is 6.31. The standard InChI is InChI=1S/C17H14N2O4/c1-11-5-2-3-8-14(11)16-18-15(23-19-16)10-22-17(21)12-6-4-7-13(20)9-12/h2-9,20H,10H2,1H3. The molecule has 3 aromatic rings. The Balaban J connectivity index is 1.68. The summed E-state index contributed by atoms with van der Waals surface area (Å²) in [5.41, 5.74) is 2.14. The van der Waals surface area contributed by atoms with Crippen LogP contribution in [-0.4, -0.2) is 21.2 Å². The highest BCUT2D eigenvalue weighted by Crippen LogP contribution is 2.20. The maximum atomic E-state index is 11.9. The van der Waals surface area contributed by atoms with Crippen LogP contribution in [-0.2, 0) is 11.3 Å². The van der Waals surface area contributed by atoms with E-state index in [0.717, 1.165) is 11.1 Å². The molecule has 3 rings (SSSR count). The number of rotatable bonds is 4. The van der Waals surface area contributed by atoms with E-state index in [1.165, 1.54) is 12.1 Å². The lowest BCUT2D eigenvalue weighted by Gasteiger charge is -2.02. The average molecular weight is 310 g/mol. The molecule has 2 aromatic carbocycles. The molecular weight excluding hydrogens is 296 g/mol. The third-order valence-electron chi connectivity index (χ3n) is 3.26. The third-order valence-corrected chi connectivity index (χ3v) is 3.26. The third kappa shape index (κ3) is 3.37. The predicted octanol–water partition coefficient (Wildman–Crippen LogP) is 3.11. The molecule has 1 N–H and O–H groups in total. The molecule has 0 radical (unpaired) electrons. The molecule has 0 saturated heterocycles. The summed E-state index contributed by atoms with van der Waals surface area (Å²) >= 11 is 0. The van der Waals surface area contributed by atoms with Crippen molar-refractivity contribution in [2.75, 3.05) is 0 Å². The Morgan fingerprint density at radius 1 is 1.22 bits per heavy atom. The van der Waals surface area contributed by atoms with Crippen LogP contribution in [0.25, 0.3) is 11.4 Å². The summed E-state index contributed by atoms with van der Waals surface area (Å²) in [6.07, 6.45) is 0. The molecule has 0 aliphatic rings. The first kappa shape index (κ1) is 14.8. The molecule has 0 atom stereocenters. The maximum absolute atomic E-state index is 11.9. The number of aromatic hydroxyl groups is 1. The van der Waals surface area contributed by atoms with E-state index in [-0.39, 0.29) is 23.8 Å². The van der Waals surface area contributed by atoms with Crippen LogP contribution in [0.3, 0.4) is 0 Å². The number of esters is 1. The smallest absolute Gasteiger partial charge is 0.338 e. The van der Waals surface area contributed by atoms with Crippen molar-refractivity contribution in [3.63, 3.8) is 0 Å². The largest absolute Gasteiger partial charge is 0.508 e. The molecule has 23 heavy (non-hydrogen) atoms. The molecule has 116 valence electrons. The van der Waals surface area contributed by atoms with E-state index in [9.17, 15) is 9.90 Å². The normalized spacial score (nSPS) is 10.5. The average Bonchev–Trinajstić information content (AvgIpc) is 3.02. The molecule has 6 heteroatoms. The fraction of sp³-hybridized carbons (Fsp3) is 0.118. The number of phenols is 1.